The van der Waals surface area contributed by atoms with Crippen LogP contribution in [0.15, 0.2) is 80.1 Å². The molecule has 0 radical (unpaired) electrons. The summed E-state index contributed by atoms with van der Waals surface area (Å²) in [6.45, 7) is 3.64. The summed E-state index contributed by atoms with van der Waals surface area (Å²) < 4.78 is 18.3. The zero-order valence-electron chi connectivity index (χ0n) is 23.7. The van der Waals surface area contributed by atoms with Crippen LogP contribution in [0.2, 0.25) is 0 Å². The predicted molar refractivity (Wildman–Crippen MR) is 157 cm³/mol. The van der Waals surface area contributed by atoms with Gasteiger partial charge in [0.15, 0.2) is 4.80 Å². The van der Waals surface area contributed by atoms with Crippen molar-refractivity contribution in [1.82, 2.24) is 4.57 Å². The number of thiazole rings is 1. The number of benzene rings is 2. The van der Waals surface area contributed by atoms with Crippen molar-refractivity contribution >= 4 is 34.8 Å². The Labute approximate surface area is 244 Å². The van der Waals surface area contributed by atoms with Crippen LogP contribution in [0.3, 0.4) is 0 Å². The van der Waals surface area contributed by atoms with Crippen LogP contribution in [0.5, 0.6) is 5.75 Å². The monoisotopic (exact) mass is 589 g/mol. The maximum Gasteiger partial charge on any atom is 0.338 e. The van der Waals surface area contributed by atoms with Gasteiger partial charge >= 0.3 is 11.7 Å². The van der Waals surface area contributed by atoms with Crippen molar-refractivity contribution in [3.05, 3.63) is 102 Å². The van der Waals surface area contributed by atoms with Gasteiger partial charge in [0.2, 0.25) is 0 Å². The molecule has 1 N–H and O–H groups in total. The molecule has 5 rings (SSSR count). The van der Waals surface area contributed by atoms with Gasteiger partial charge in [-0.25, -0.2) is 15.0 Å². The van der Waals surface area contributed by atoms with Crippen LogP contribution in [0.25, 0.3) is 17.4 Å². The molecule has 0 saturated carbocycles. The average Bonchev–Trinajstić information content (AvgIpc) is 3.56. The van der Waals surface area contributed by atoms with Crippen molar-refractivity contribution in [2.24, 2.45) is 4.99 Å². The number of carbonyl (C=O) groups excluding carboxylic acids is 1. The summed E-state index contributed by atoms with van der Waals surface area (Å²) in [5.74, 6) is 0.512. The highest BCUT2D eigenvalue weighted by atomic mass is 32.1. The van der Waals surface area contributed by atoms with E-state index in [1.165, 1.54) is 29.1 Å². The van der Waals surface area contributed by atoms with E-state index in [0.29, 0.717) is 43.4 Å². The van der Waals surface area contributed by atoms with Crippen molar-refractivity contribution in [2.75, 3.05) is 32.7 Å². The Morgan fingerprint density at radius 1 is 1.19 bits per heavy atom. The zero-order valence-corrected chi connectivity index (χ0v) is 24.5. The number of hydrogen-bond acceptors (Lipinski definition) is 9. The van der Waals surface area contributed by atoms with Gasteiger partial charge in [0.1, 0.15) is 17.3 Å². The van der Waals surface area contributed by atoms with Crippen LogP contribution in [-0.4, -0.2) is 48.5 Å². The summed E-state index contributed by atoms with van der Waals surface area (Å²) in [5, 5.41) is 9.61. The third-order valence-corrected chi connectivity index (χ3v) is 7.80. The van der Waals surface area contributed by atoms with Gasteiger partial charge in [0, 0.05) is 25.9 Å². The highest BCUT2D eigenvalue weighted by Crippen LogP contribution is 2.34. The minimum Gasteiger partial charge on any atom is -0.496 e. The quantitative estimate of drug-likeness (QED) is 0.242. The van der Waals surface area contributed by atoms with Crippen molar-refractivity contribution in [3.63, 3.8) is 0 Å². The molecular formula is C30H29N4O7S+. The largest absolute Gasteiger partial charge is 0.496 e. The lowest BCUT2D eigenvalue weighted by molar-refractivity contribution is -0.729. The third-order valence-electron chi connectivity index (χ3n) is 6.82. The van der Waals surface area contributed by atoms with Crippen LogP contribution < -0.4 is 24.5 Å². The SMILES string of the molecule is CCOC(=O)C1=C(C)N=c2s/c(=C\c3ccc(-c4ccc(OC)cc4[N+](=O)O)o3)c(=O)n2C1c1ccc(N(C)C)cc1. The fourth-order valence-corrected chi connectivity index (χ4v) is 5.80. The molecule has 0 saturated heterocycles. The van der Waals surface area contributed by atoms with Gasteiger partial charge in [0.25, 0.3) is 10.5 Å². The van der Waals surface area contributed by atoms with Crippen molar-refractivity contribution in [2.45, 2.75) is 19.9 Å². The van der Waals surface area contributed by atoms with Gasteiger partial charge in [-0.2, -0.15) is 0 Å². The van der Waals surface area contributed by atoms with Crippen molar-refractivity contribution in [1.29, 1.82) is 0 Å². The summed E-state index contributed by atoms with van der Waals surface area (Å²) in [6.07, 6.45) is 1.58. The number of esters is 1. The van der Waals surface area contributed by atoms with Gasteiger partial charge in [-0.05, 0) is 55.8 Å². The highest BCUT2D eigenvalue weighted by Gasteiger charge is 2.33. The number of hydrogen-bond donors (Lipinski definition) is 1. The number of methoxy groups -OCH3 is 1. The maximum absolute atomic E-state index is 13.9. The standard InChI is InChI=1S/C30H29N4O7S/c1-6-40-29(36)26-17(2)31-30-33(27(26)18-7-9-19(10-8-18)32(3)4)28(35)25(42-30)16-21-12-14-24(41-21)22-13-11-20(39-5)15-23(22)34(37)38/h7-16,27H,6H2,1-5H3,(H,37,38)/q+1/b25-16-. The third kappa shape index (κ3) is 5.23. The number of nitrogens with zero attached hydrogens (tertiary/aromatic N) is 4. The average molecular weight is 590 g/mol. The molecule has 12 heteroatoms. The van der Waals surface area contributed by atoms with E-state index in [0.717, 1.165) is 11.3 Å². The van der Waals surface area contributed by atoms with E-state index >= 15 is 0 Å². The normalized spacial score (nSPS) is 14.8. The topological polar surface area (TPSA) is 127 Å². The van der Waals surface area contributed by atoms with Crippen LogP contribution in [0, 0.1) is 4.91 Å². The second kappa shape index (κ2) is 11.5. The number of furan rings is 1. The first-order chi connectivity index (χ1) is 20.1. The van der Waals surface area contributed by atoms with Crippen molar-refractivity contribution in [3.8, 4) is 17.1 Å². The second-order valence-electron chi connectivity index (χ2n) is 9.65. The molecule has 2 aromatic heterocycles. The molecule has 1 atom stereocenters. The molecule has 42 heavy (non-hydrogen) atoms. The number of fused-ring (bicyclic) bond motifs is 1. The Morgan fingerprint density at radius 2 is 1.93 bits per heavy atom. The van der Waals surface area contributed by atoms with Crippen LogP contribution in [0.4, 0.5) is 11.4 Å². The lowest BCUT2D eigenvalue weighted by Crippen LogP contribution is -2.39. The summed E-state index contributed by atoms with van der Waals surface area (Å²) in [7, 11) is 5.32. The Morgan fingerprint density at radius 3 is 2.57 bits per heavy atom. The van der Waals surface area contributed by atoms with Gasteiger partial charge in [-0.3, -0.25) is 9.36 Å². The predicted octanol–water partition coefficient (Wildman–Crippen LogP) is 3.93. The summed E-state index contributed by atoms with van der Waals surface area (Å²) in [5.41, 5.74) is 2.41. The van der Waals surface area contributed by atoms with Gasteiger partial charge in [0.05, 0.1) is 52.1 Å². The summed E-state index contributed by atoms with van der Waals surface area (Å²) in [4.78, 5) is 45.5. The lowest BCUT2D eigenvalue weighted by atomic mass is 9.95. The van der Waals surface area contributed by atoms with Gasteiger partial charge in [-0.15, -0.1) is 0 Å². The van der Waals surface area contributed by atoms with Crippen LogP contribution in [0.1, 0.15) is 31.2 Å². The van der Waals surface area contributed by atoms with Crippen LogP contribution >= 0.6 is 11.3 Å². The molecule has 1 unspecified atom stereocenters. The molecule has 0 fully saturated rings. The van der Waals surface area contributed by atoms with E-state index < -0.39 is 12.0 Å². The van der Waals surface area contributed by atoms with E-state index in [4.69, 9.17) is 13.9 Å². The Bertz CT molecular complexity index is 1900. The molecule has 0 aliphatic carbocycles. The molecule has 0 bridgehead atoms. The highest BCUT2D eigenvalue weighted by molar-refractivity contribution is 7.07. The molecule has 2 aromatic carbocycles. The number of aromatic nitrogens is 1. The fourth-order valence-electron chi connectivity index (χ4n) is 4.77. The number of rotatable bonds is 8. The first-order valence-corrected chi connectivity index (χ1v) is 13.9. The lowest BCUT2D eigenvalue weighted by Gasteiger charge is -2.25. The molecule has 3 heterocycles. The number of anilines is 1. The first kappa shape index (κ1) is 28.6. The molecule has 0 spiro atoms. The van der Waals surface area contributed by atoms with E-state index in [1.54, 1.807) is 44.2 Å². The van der Waals surface area contributed by atoms with E-state index in [2.05, 4.69) is 4.99 Å². The van der Waals surface area contributed by atoms with Gasteiger partial charge < -0.3 is 18.8 Å². The molecular weight excluding hydrogens is 560 g/mol. The van der Waals surface area contributed by atoms with Crippen LogP contribution in [-0.2, 0) is 9.53 Å². The fraction of sp³-hybridized carbons (Fsp3) is 0.233. The molecule has 1 aliphatic rings. The number of carbonyl (C=O) groups is 1. The zero-order chi connectivity index (χ0) is 30.1. The summed E-state index contributed by atoms with van der Waals surface area (Å²) >= 11 is 1.17. The Kier molecular flexibility index (Phi) is 7.81. The van der Waals surface area contributed by atoms with Gasteiger partial charge in [-0.1, -0.05) is 23.5 Å². The molecule has 0 amide bonds. The Balaban J connectivity index is 1.62. The second-order valence-corrected chi connectivity index (χ2v) is 10.7. The van der Waals surface area contributed by atoms with E-state index in [1.807, 2.05) is 43.3 Å². The Hall–Kier alpha value is -4.97. The van der Waals surface area contributed by atoms with E-state index in [9.17, 15) is 19.7 Å². The minimum atomic E-state index is -0.736. The number of allylic oxidation sites excluding steroid dienone is 1. The molecule has 4 aromatic rings. The minimum absolute atomic E-state index is 0.0584. The van der Waals surface area contributed by atoms with Crippen molar-refractivity contribution < 1.29 is 28.8 Å². The smallest absolute Gasteiger partial charge is 0.338 e. The van der Waals surface area contributed by atoms with E-state index in [-0.39, 0.29) is 22.8 Å². The molecule has 1 aliphatic heterocycles. The maximum atomic E-state index is 13.9. The number of ether oxygens (including phenoxy) is 2. The molecule has 11 nitrogen and oxygen atoms in total. The first-order valence-electron chi connectivity index (χ1n) is 13.0. The molecule has 216 valence electrons. The summed E-state index contributed by atoms with van der Waals surface area (Å²) in [6, 6.07) is 14.8.